The lowest BCUT2D eigenvalue weighted by Crippen LogP contribution is -2.43. The minimum atomic E-state index is -1.19. The van der Waals surface area contributed by atoms with Crippen molar-refractivity contribution in [3.63, 3.8) is 0 Å². The van der Waals surface area contributed by atoms with E-state index >= 15 is 0 Å². The Hall–Kier alpha value is -2.80. The van der Waals surface area contributed by atoms with Gasteiger partial charge in [-0.25, -0.2) is 9.59 Å². The van der Waals surface area contributed by atoms with E-state index < -0.39 is 24.1 Å². The van der Waals surface area contributed by atoms with Crippen molar-refractivity contribution in [2.75, 3.05) is 19.1 Å². The zero-order chi connectivity index (χ0) is 20.4. The molecule has 0 heterocycles. The first-order chi connectivity index (χ1) is 13.6. The van der Waals surface area contributed by atoms with Gasteiger partial charge in [0.05, 0.1) is 7.11 Å². The molecule has 148 valence electrons. The molecule has 2 rings (SSSR count). The van der Waals surface area contributed by atoms with Crippen molar-refractivity contribution in [1.29, 1.82) is 0 Å². The van der Waals surface area contributed by atoms with Crippen molar-refractivity contribution in [1.82, 2.24) is 5.32 Å². The summed E-state index contributed by atoms with van der Waals surface area (Å²) < 4.78 is 10.2. The first-order valence-electron chi connectivity index (χ1n) is 8.75. The number of carbonyl (C=O) groups is 3. The van der Waals surface area contributed by atoms with Gasteiger partial charge in [-0.1, -0.05) is 48.5 Å². The van der Waals surface area contributed by atoms with Gasteiger partial charge in [0.1, 0.15) is 6.04 Å². The van der Waals surface area contributed by atoms with E-state index in [4.69, 9.17) is 9.47 Å². The monoisotopic (exact) mass is 401 g/mol. The molecule has 2 aromatic rings. The first kappa shape index (κ1) is 21.5. The summed E-state index contributed by atoms with van der Waals surface area (Å²) in [7, 11) is 1.23. The Morgan fingerprint density at radius 3 is 2.14 bits per heavy atom. The fourth-order valence-electron chi connectivity index (χ4n) is 2.50. The number of carbonyl (C=O) groups excluding carboxylic acids is 3. The fourth-order valence-corrected chi connectivity index (χ4v) is 2.97. The lowest BCUT2D eigenvalue weighted by Gasteiger charge is -2.21. The molecule has 0 bridgehead atoms. The molecule has 0 aliphatic carbocycles. The second-order valence-electron chi connectivity index (χ2n) is 5.92. The molecule has 7 heteroatoms. The third-order valence-electron chi connectivity index (χ3n) is 3.99. The van der Waals surface area contributed by atoms with Crippen LogP contribution < -0.4 is 5.32 Å². The lowest BCUT2D eigenvalue weighted by atomic mass is 10.1. The Bertz CT molecular complexity index is 782. The van der Waals surface area contributed by atoms with Crippen molar-refractivity contribution >= 4 is 29.6 Å². The highest BCUT2D eigenvalue weighted by Gasteiger charge is 2.30. The molecule has 28 heavy (non-hydrogen) atoms. The summed E-state index contributed by atoms with van der Waals surface area (Å²) in [4.78, 5) is 37.4. The molecule has 0 aliphatic heterocycles. The van der Waals surface area contributed by atoms with Gasteiger partial charge in [-0.05, 0) is 30.6 Å². The normalized spacial score (nSPS) is 12.5. The van der Waals surface area contributed by atoms with E-state index in [-0.39, 0.29) is 5.91 Å². The van der Waals surface area contributed by atoms with Crippen LogP contribution in [0.2, 0.25) is 0 Å². The van der Waals surface area contributed by atoms with Crippen LogP contribution in [0.5, 0.6) is 0 Å². The molecule has 6 nitrogen and oxygen atoms in total. The van der Waals surface area contributed by atoms with Crippen molar-refractivity contribution < 1.29 is 23.9 Å². The van der Waals surface area contributed by atoms with Gasteiger partial charge in [0.15, 0.2) is 0 Å². The van der Waals surface area contributed by atoms with Crippen LogP contribution in [0.1, 0.15) is 28.4 Å². The molecule has 0 spiro atoms. The van der Waals surface area contributed by atoms with E-state index in [0.29, 0.717) is 23.3 Å². The van der Waals surface area contributed by atoms with Crippen molar-refractivity contribution in [3.05, 3.63) is 71.8 Å². The second kappa shape index (κ2) is 11.1. The second-order valence-corrected chi connectivity index (χ2v) is 6.91. The smallest absolute Gasteiger partial charge is 0.351 e. The number of methoxy groups -OCH3 is 1. The largest absolute Gasteiger partial charge is 0.466 e. The van der Waals surface area contributed by atoms with Crippen LogP contribution in [0.3, 0.4) is 0 Å². The Labute approximate surface area is 168 Å². The Morgan fingerprint density at radius 2 is 1.57 bits per heavy atom. The number of ether oxygens (including phenoxy) is 2. The standard InChI is InChI=1S/C21H23NO5S/c1-26-21(25)18(15-9-5-3-6-10-15)27-20(24)17(13-14-28-2)22-19(23)16-11-7-4-8-12-16/h3-12,17-18H,13-14H2,1-2H3,(H,22,23). The molecule has 2 atom stereocenters. The zero-order valence-electron chi connectivity index (χ0n) is 15.8. The average Bonchev–Trinajstić information content (AvgIpc) is 2.75. The first-order valence-corrected chi connectivity index (χ1v) is 10.1. The van der Waals surface area contributed by atoms with Crippen molar-refractivity contribution in [3.8, 4) is 0 Å². The highest BCUT2D eigenvalue weighted by Crippen LogP contribution is 2.20. The SMILES string of the molecule is COC(=O)C(OC(=O)C(CCSC)NC(=O)c1ccccc1)c1ccccc1. The van der Waals surface area contributed by atoms with Gasteiger partial charge in [-0.3, -0.25) is 4.79 Å². The topological polar surface area (TPSA) is 81.7 Å². The third-order valence-corrected chi connectivity index (χ3v) is 4.63. The summed E-state index contributed by atoms with van der Waals surface area (Å²) in [6.45, 7) is 0. The summed E-state index contributed by atoms with van der Waals surface area (Å²) in [5.41, 5.74) is 0.942. The molecule has 0 aliphatic rings. The maximum absolute atomic E-state index is 12.8. The quantitative estimate of drug-likeness (QED) is 0.651. The zero-order valence-corrected chi connectivity index (χ0v) is 16.6. The van der Waals surface area contributed by atoms with Crippen LogP contribution in [0.15, 0.2) is 60.7 Å². The molecular formula is C21H23NO5S. The van der Waals surface area contributed by atoms with E-state index in [1.54, 1.807) is 72.4 Å². The maximum Gasteiger partial charge on any atom is 0.351 e. The summed E-state index contributed by atoms with van der Waals surface area (Å²) in [6, 6.07) is 16.3. The summed E-state index contributed by atoms with van der Waals surface area (Å²) in [5, 5.41) is 2.70. The van der Waals surface area contributed by atoms with E-state index in [9.17, 15) is 14.4 Å². The van der Waals surface area contributed by atoms with Crippen molar-refractivity contribution in [2.24, 2.45) is 0 Å². The van der Waals surface area contributed by atoms with Crippen LogP contribution in [-0.2, 0) is 19.1 Å². The number of nitrogens with one attached hydrogen (secondary N) is 1. The summed E-state index contributed by atoms with van der Waals surface area (Å²) >= 11 is 1.55. The van der Waals surface area contributed by atoms with Crippen molar-refractivity contribution in [2.45, 2.75) is 18.6 Å². The molecular weight excluding hydrogens is 378 g/mol. The maximum atomic E-state index is 12.8. The number of rotatable bonds is 9. The van der Waals surface area contributed by atoms with Crippen LogP contribution >= 0.6 is 11.8 Å². The van der Waals surface area contributed by atoms with Gasteiger partial charge >= 0.3 is 11.9 Å². The number of hydrogen-bond acceptors (Lipinski definition) is 6. The molecule has 2 unspecified atom stereocenters. The molecule has 0 fully saturated rings. The number of esters is 2. The highest BCUT2D eigenvalue weighted by atomic mass is 32.2. The number of benzene rings is 2. The minimum absolute atomic E-state index is 0.376. The van der Waals surface area contributed by atoms with E-state index in [0.717, 1.165) is 0 Å². The summed E-state index contributed by atoms with van der Waals surface area (Å²) in [6.07, 6.45) is 1.09. The fraction of sp³-hybridized carbons (Fsp3) is 0.286. The Kier molecular flexibility index (Phi) is 8.55. The van der Waals surface area contributed by atoms with Crippen LogP contribution in [0, 0.1) is 0 Å². The number of thioether (sulfide) groups is 1. The number of amides is 1. The summed E-state index contributed by atoms with van der Waals surface area (Å²) in [5.74, 6) is -1.10. The predicted octanol–water partition coefficient (Wildman–Crippen LogP) is 3.00. The minimum Gasteiger partial charge on any atom is -0.466 e. The number of hydrogen-bond donors (Lipinski definition) is 1. The van der Waals surface area contributed by atoms with Gasteiger partial charge in [0.2, 0.25) is 6.10 Å². The average molecular weight is 401 g/mol. The Morgan fingerprint density at radius 1 is 0.964 bits per heavy atom. The van der Waals surface area contributed by atoms with E-state index in [2.05, 4.69) is 5.32 Å². The molecule has 1 amide bonds. The molecule has 1 N–H and O–H groups in total. The van der Waals surface area contributed by atoms with Gasteiger partial charge in [-0.15, -0.1) is 0 Å². The van der Waals surface area contributed by atoms with Gasteiger partial charge in [0, 0.05) is 11.1 Å². The molecule has 0 saturated heterocycles. The molecule has 0 radical (unpaired) electrons. The van der Waals surface area contributed by atoms with Crippen LogP contribution in [-0.4, -0.2) is 43.0 Å². The molecule has 0 aromatic heterocycles. The Balaban J connectivity index is 2.16. The van der Waals surface area contributed by atoms with Gasteiger partial charge < -0.3 is 14.8 Å². The van der Waals surface area contributed by atoms with Gasteiger partial charge in [0.25, 0.3) is 5.91 Å². The van der Waals surface area contributed by atoms with E-state index in [1.807, 2.05) is 6.26 Å². The highest BCUT2D eigenvalue weighted by molar-refractivity contribution is 7.98. The molecule has 2 aromatic carbocycles. The van der Waals surface area contributed by atoms with Gasteiger partial charge in [-0.2, -0.15) is 11.8 Å². The van der Waals surface area contributed by atoms with Crippen LogP contribution in [0.4, 0.5) is 0 Å². The van der Waals surface area contributed by atoms with Crippen LogP contribution in [0.25, 0.3) is 0 Å². The molecule has 0 saturated carbocycles. The third kappa shape index (κ3) is 6.13. The lowest BCUT2D eigenvalue weighted by molar-refractivity contribution is -0.168. The van der Waals surface area contributed by atoms with E-state index in [1.165, 1.54) is 7.11 Å². The predicted molar refractivity (Wildman–Crippen MR) is 108 cm³/mol.